The van der Waals surface area contributed by atoms with Gasteiger partial charge in [-0.25, -0.2) is 4.79 Å². The number of ether oxygens (including phenoxy) is 1. The fourth-order valence-electron chi connectivity index (χ4n) is 1.86. The number of carbonyl (C=O) groups excluding carboxylic acids is 1. The molecule has 0 saturated carbocycles. The average molecular weight is 286 g/mol. The molecular formula is C17H18O2S. The third kappa shape index (κ3) is 3.64. The summed E-state index contributed by atoms with van der Waals surface area (Å²) in [5, 5.41) is 0. The smallest absolute Gasteiger partial charge is 0.338 e. The highest BCUT2D eigenvalue weighted by Crippen LogP contribution is 2.20. The fourth-order valence-corrected chi connectivity index (χ4v) is 2.27. The summed E-state index contributed by atoms with van der Waals surface area (Å²) in [6.45, 7) is 3.92. The summed E-state index contributed by atoms with van der Waals surface area (Å²) in [6, 6.07) is 15.5. The minimum atomic E-state index is -0.286. The first-order valence-electron chi connectivity index (χ1n) is 6.52. The molecule has 2 rings (SSSR count). The average Bonchev–Trinajstić information content (AvgIpc) is 2.48. The van der Waals surface area contributed by atoms with Gasteiger partial charge in [-0.3, -0.25) is 0 Å². The molecule has 0 heterocycles. The highest BCUT2D eigenvalue weighted by molar-refractivity contribution is 7.98. The van der Waals surface area contributed by atoms with Crippen molar-refractivity contribution in [3.05, 3.63) is 65.2 Å². The Morgan fingerprint density at radius 3 is 2.20 bits per heavy atom. The molecule has 2 aromatic rings. The quantitative estimate of drug-likeness (QED) is 0.605. The number of aryl methyl sites for hydroxylation is 1. The number of esters is 1. The van der Waals surface area contributed by atoms with Crippen LogP contribution >= 0.6 is 11.8 Å². The van der Waals surface area contributed by atoms with Crippen molar-refractivity contribution in [2.75, 3.05) is 6.26 Å². The van der Waals surface area contributed by atoms with E-state index < -0.39 is 0 Å². The van der Waals surface area contributed by atoms with Crippen LogP contribution in [0.4, 0.5) is 0 Å². The van der Waals surface area contributed by atoms with Gasteiger partial charge in [0.05, 0.1) is 5.56 Å². The van der Waals surface area contributed by atoms with Gasteiger partial charge in [0.1, 0.15) is 6.10 Å². The van der Waals surface area contributed by atoms with Crippen LogP contribution in [-0.4, -0.2) is 12.2 Å². The Morgan fingerprint density at radius 2 is 1.65 bits per heavy atom. The molecule has 0 N–H and O–H groups in total. The van der Waals surface area contributed by atoms with Crippen LogP contribution in [0.25, 0.3) is 0 Å². The van der Waals surface area contributed by atoms with Gasteiger partial charge in [-0.15, -0.1) is 11.8 Å². The summed E-state index contributed by atoms with van der Waals surface area (Å²) in [5.41, 5.74) is 2.78. The van der Waals surface area contributed by atoms with Crippen molar-refractivity contribution in [1.29, 1.82) is 0 Å². The fraction of sp³-hybridized carbons (Fsp3) is 0.235. The number of rotatable bonds is 4. The van der Waals surface area contributed by atoms with Gasteiger partial charge in [0.2, 0.25) is 0 Å². The maximum Gasteiger partial charge on any atom is 0.338 e. The lowest BCUT2D eigenvalue weighted by Gasteiger charge is -2.14. The van der Waals surface area contributed by atoms with E-state index in [0.717, 1.165) is 10.5 Å². The molecule has 1 unspecified atom stereocenters. The minimum absolute atomic E-state index is 0.247. The van der Waals surface area contributed by atoms with Crippen LogP contribution in [0.15, 0.2) is 53.4 Å². The van der Waals surface area contributed by atoms with Gasteiger partial charge in [0.15, 0.2) is 0 Å². The molecule has 104 valence electrons. The van der Waals surface area contributed by atoms with E-state index in [1.807, 2.05) is 56.5 Å². The summed E-state index contributed by atoms with van der Waals surface area (Å²) in [4.78, 5) is 13.2. The Bertz CT molecular complexity index is 573. The highest BCUT2D eigenvalue weighted by atomic mass is 32.2. The molecule has 0 aliphatic rings. The predicted molar refractivity (Wildman–Crippen MR) is 83.2 cm³/mol. The van der Waals surface area contributed by atoms with E-state index in [4.69, 9.17) is 4.74 Å². The molecule has 0 fully saturated rings. The van der Waals surface area contributed by atoms with E-state index in [1.54, 1.807) is 23.9 Å². The number of hydrogen-bond donors (Lipinski definition) is 0. The molecule has 2 aromatic carbocycles. The maximum atomic E-state index is 12.1. The van der Waals surface area contributed by atoms with Gasteiger partial charge in [0, 0.05) is 4.90 Å². The molecule has 0 spiro atoms. The Balaban J connectivity index is 2.04. The van der Waals surface area contributed by atoms with Crippen LogP contribution in [0.5, 0.6) is 0 Å². The van der Waals surface area contributed by atoms with Crippen LogP contribution in [0, 0.1) is 6.92 Å². The van der Waals surface area contributed by atoms with E-state index in [9.17, 15) is 4.79 Å². The molecule has 2 nitrogen and oxygen atoms in total. The third-order valence-electron chi connectivity index (χ3n) is 3.16. The normalized spacial score (nSPS) is 11.9. The molecule has 0 aromatic heterocycles. The lowest BCUT2D eigenvalue weighted by Crippen LogP contribution is -2.09. The molecule has 0 radical (unpaired) electrons. The minimum Gasteiger partial charge on any atom is -0.454 e. The van der Waals surface area contributed by atoms with Crippen molar-refractivity contribution in [3.63, 3.8) is 0 Å². The number of thioether (sulfide) groups is 1. The summed E-state index contributed by atoms with van der Waals surface area (Å²) in [7, 11) is 0. The second-order valence-corrected chi connectivity index (χ2v) is 5.57. The second kappa shape index (κ2) is 6.62. The van der Waals surface area contributed by atoms with Crippen molar-refractivity contribution in [3.8, 4) is 0 Å². The SMILES string of the molecule is CSc1ccc(C(=O)OC(C)c2ccc(C)cc2)cc1. The summed E-state index contributed by atoms with van der Waals surface area (Å²) in [6.07, 6.45) is 1.76. The van der Waals surface area contributed by atoms with Crippen molar-refractivity contribution in [2.45, 2.75) is 24.8 Å². The summed E-state index contributed by atoms with van der Waals surface area (Å²) < 4.78 is 5.49. The molecule has 1 atom stereocenters. The third-order valence-corrected chi connectivity index (χ3v) is 3.90. The second-order valence-electron chi connectivity index (χ2n) is 4.69. The zero-order valence-electron chi connectivity index (χ0n) is 11.9. The number of benzene rings is 2. The monoisotopic (exact) mass is 286 g/mol. The van der Waals surface area contributed by atoms with Crippen LogP contribution < -0.4 is 0 Å². The van der Waals surface area contributed by atoms with Gasteiger partial charge in [0.25, 0.3) is 0 Å². The van der Waals surface area contributed by atoms with E-state index >= 15 is 0 Å². The summed E-state index contributed by atoms with van der Waals surface area (Å²) in [5.74, 6) is -0.286. The Hall–Kier alpha value is -1.74. The zero-order chi connectivity index (χ0) is 14.5. The summed E-state index contributed by atoms with van der Waals surface area (Å²) >= 11 is 1.65. The van der Waals surface area contributed by atoms with Crippen LogP contribution in [0.3, 0.4) is 0 Å². The highest BCUT2D eigenvalue weighted by Gasteiger charge is 2.13. The van der Waals surface area contributed by atoms with E-state index in [0.29, 0.717) is 5.56 Å². The van der Waals surface area contributed by atoms with E-state index in [2.05, 4.69) is 0 Å². The van der Waals surface area contributed by atoms with Gasteiger partial charge in [-0.05, 0) is 49.9 Å². The first kappa shape index (κ1) is 14.7. The van der Waals surface area contributed by atoms with Crippen molar-refractivity contribution in [1.82, 2.24) is 0 Å². The van der Waals surface area contributed by atoms with Gasteiger partial charge in [-0.1, -0.05) is 29.8 Å². The topological polar surface area (TPSA) is 26.3 Å². The van der Waals surface area contributed by atoms with Crippen molar-refractivity contribution >= 4 is 17.7 Å². The molecule has 0 bridgehead atoms. The molecule has 3 heteroatoms. The van der Waals surface area contributed by atoms with Crippen molar-refractivity contribution < 1.29 is 9.53 Å². The number of hydrogen-bond acceptors (Lipinski definition) is 3. The van der Waals surface area contributed by atoms with Gasteiger partial charge in [-0.2, -0.15) is 0 Å². The largest absolute Gasteiger partial charge is 0.454 e. The first-order valence-corrected chi connectivity index (χ1v) is 7.74. The van der Waals surface area contributed by atoms with Gasteiger partial charge >= 0.3 is 5.97 Å². The molecule has 0 saturated heterocycles. The standard InChI is InChI=1S/C17H18O2S/c1-12-4-6-14(7-5-12)13(2)19-17(18)15-8-10-16(20-3)11-9-15/h4-11,13H,1-3H3. The van der Waals surface area contributed by atoms with E-state index in [1.165, 1.54) is 5.56 Å². The molecule has 0 aliphatic heterocycles. The number of carbonyl (C=O) groups is 1. The Labute approximate surface area is 124 Å². The van der Waals surface area contributed by atoms with Crippen LogP contribution in [0.1, 0.15) is 34.5 Å². The lowest BCUT2D eigenvalue weighted by atomic mass is 10.1. The van der Waals surface area contributed by atoms with Crippen LogP contribution in [-0.2, 0) is 4.74 Å². The Morgan fingerprint density at radius 1 is 1.05 bits per heavy atom. The lowest BCUT2D eigenvalue weighted by molar-refractivity contribution is 0.0338. The zero-order valence-corrected chi connectivity index (χ0v) is 12.7. The molecule has 0 aliphatic carbocycles. The maximum absolute atomic E-state index is 12.1. The molecular weight excluding hydrogens is 268 g/mol. The van der Waals surface area contributed by atoms with E-state index in [-0.39, 0.29) is 12.1 Å². The molecule has 20 heavy (non-hydrogen) atoms. The first-order chi connectivity index (χ1) is 9.60. The molecule has 0 amide bonds. The van der Waals surface area contributed by atoms with Crippen molar-refractivity contribution in [2.24, 2.45) is 0 Å². The van der Waals surface area contributed by atoms with Crippen LogP contribution in [0.2, 0.25) is 0 Å². The van der Waals surface area contributed by atoms with Gasteiger partial charge < -0.3 is 4.74 Å². The predicted octanol–water partition coefficient (Wildman–Crippen LogP) is 4.63. The Kier molecular flexibility index (Phi) is 4.85.